The van der Waals surface area contributed by atoms with Crippen molar-refractivity contribution in [1.82, 2.24) is 48.2 Å². The standard InChI is InChI=1S/C126H80N10/c1-7-29-83(30-8-1)121-127-122(84-31-9-2-10-32-84)130-125(129-121)93-37-27-35-87(69-93)95-71-99(91-61-67-119-111(79-91)107-47-21-25-51-115(107)135(119)103-43-17-6-18-44-103)76-100(74-95)92-62-68-120-112(80-92)108-48-22-26-52-116(108)136(120)104-63-57-82(58-64-104)81-53-55-86(56-54-81)124-128-123(85-33-11-3-12-34-85)131-126(132-124)94-38-28-36-88(70-94)96-72-97(89-59-65-117-109(77-89)105-45-19-23-49-113(105)133(117)101-39-13-4-14-40-101)75-98(73-96)90-60-66-118-110(78-90)106-46-20-24-50-114(106)134(118)102-41-15-5-16-42-102/h1-80H. The van der Waals surface area contributed by atoms with Crippen molar-refractivity contribution in [2.24, 2.45) is 0 Å². The van der Waals surface area contributed by atoms with E-state index in [-0.39, 0.29) is 0 Å². The summed E-state index contributed by atoms with van der Waals surface area (Å²) in [6.07, 6.45) is 0. The molecule has 0 aliphatic rings. The van der Waals surface area contributed by atoms with E-state index in [9.17, 15) is 0 Å². The van der Waals surface area contributed by atoms with E-state index in [1.54, 1.807) is 0 Å². The number of hydrogen-bond acceptors (Lipinski definition) is 6. The lowest BCUT2D eigenvalue weighted by molar-refractivity contribution is 1.07. The smallest absolute Gasteiger partial charge is 0.164 e. The van der Waals surface area contributed by atoms with Gasteiger partial charge in [0, 0.05) is 99.2 Å². The summed E-state index contributed by atoms with van der Waals surface area (Å²) in [7, 11) is 0. The molecule has 10 nitrogen and oxygen atoms in total. The Morgan fingerprint density at radius 3 is 0.559 bits per heavy atom. The van der Waals surface area contributed by atoms with Gasteiger partial charge in [0.05, 0.1) is 44.1 Å². The van der Waals surface area contributed by atoms with Crippen molar-refractivity contribution in [3.8, 4) is 169 Å². The maximum atomic E-state index is 5.39. The predicted octanol–water partition coefficient (Wildman–Crippen LogP) is 32.1. The van der Waals surface area contributed by atoms with Crippen LogP contribution in [0.1, 0.15) is 0 Å². The van der Waals surface area contributed by atoms with Gasteiger partial charge in [-0.3, -0.25) is 0 Å². The van der Waals surface area contributed by atoms with Crippen LogP contribution in [0.2, 0.25) is 0 Å². The summed E-state index contributed by atoms with van der Waals surface area (Å²) in [5.74, 6) is 3.58. The summed E-state index contributed by atoms with van der Waals surface area (Å²) in [5.41, 5.74) is 34.2. The van der Waals surface area contributed by atoms with E-state index in [1.165, 1.54) is 48.7 Å². The van der Waals surface area contributed by atoms with Gasteiger partial charge in [0.2, 0.25) is 0 Å². The second kappa shape index (κ2) is 32.9. The van der Waals surface area contributed by atoms with Crippen molar-refractivity contribution < 1.29 is 0 Å². The number of fused-ring (bicyclic) bond motifs is 12. The third-order valence-electron chi connectivity index (χ3n) is 26.8. The summed E-state index contributed by atoms with van der Waals surface area (Å²) in [6, 6.07) is 174. The van der Waals surface area contributed by atoms with Crippen LogP contribution in [0, 0.1) is 0 Å². The van der Waals surface area contributed by atoms with Gasteiger partial charge >= 0.3 is 0 Å². The van der Waals surface area contributed by atoms with Gasteiger partial charge in [0.15, 0.2) is 34.9 Å². The summed E-state index contributed by atoms with van der Waals surface area (Å²) < 4.78 is 9.54. The molecule has 0 spiro atoms. The van der Waals surface area contributed by atoms with Gasteiger partial charge in [-0.25, -0.2) is 29.9 Å². The molecule has 26 aromatic rings. The largest absolute Gasteiger partial charge is 0.309 e. The molecule has 0 atom stereocenters. The average molecular weight is 1730 g/mol. The molecule has 0 amide bonds. The molecule has 26 rings (SSSR count). The van der Waals surface area contributed by atoms with Crippen molar-refractivity contribution in [3.63, 3.8) is 0 Å². The highest BCUT2D eigenvalue weighted by Crippen LogP contribution is 2.46. The van der Waals surface area contributed by atoms with Crippen molar-refractivity contribution >= 4 is 87.2 Å². The Kier molecular flexibility index (Phi) is 19.0. The SMILES string of the molecule is c1ccc(-c2nc(-c3ccc(-c4ccc(-n5c6ccccc6c6cc(-c7cc(-c8cccc(-c9nc(-c%10ccccc%10)nc(-c%10ccccc%10)n9)c8)cc(-c8ccc9c(c8)c8ccccc8n9-c8ccccc8)c7)ccc65)cc4)cc3)nc(-c3cccc(-c4cc(-c5ccc6c(c5)c5ccccc5n6-c5ccccc5)cc(-c5ccc6c(c5)c5ccccc5n6-c5ccccc5)c4)c3)n2)cc1. The van der Waals surface area contributed by atoms with Crippen LogP contribution in [0.15, 0.2) is 485 Å². The van der Waals surface area contributed by atoms with Crippen LogP contribution < -0.4 is 0 Å². The van der Waals surface area contributed by atoms with Crippen LogP contribution in [0.3, 0.4) is 0 Å². The lowest BCUT2D eigenvalue weighted by Gasteiger charge is -2.14. The molecule has 6 heterocycles. The molecular weight excluding hydrogens is 1650 g/mol. The molecule has 10 heteroatoms. The molecule has 0 radical (unpaired) electrons. The van der Waals surface area contributed by atoms with Gasteiger partial charge in [0.25, 0.3) is 0 Å². The quantitative estimate of drug-likeness (QED) is 0.0901. The van der Waals surface area contributed by atoms with E-state index < -0.39 is 0 Å². The lowest BCUT2D eigenvalue weighted by Crippen LogP contribution is -2.00. The highest BCUT2D eigenvalue weighted by atomic mass is 15.1. The minimum Gasteiger partial charge on any atom is -0.309 e. The van der Waals surface area contributed by atoms with Gasteiger partial charge in [-0.05, 0) is 248 Å². The summed E-state index contributed by atoms with van der Waals surface area (Å²) in [4.78, 5) is 31.4. The van der Waals surface area contributed by atoms with E-state index in [2.05, 4.69) is 449 Å². The summed E-state index contributed by atoms with van der Waals surface area (Å²) in [5, 5.41) is 9.50. The Bertz CT molecular complexity index is 8950. The molecule has 20 aromatic carbocycles. The minimum atomic E-state index is 0.577. The Hall–Kier alpha value is -18.4. The third kappa shape index (κ3) is 14.0. The second-order valence-corrected chi connectivity index (χ2v) is 34.9. The van der Waals surface area contributed by atoms with E-state index in [0.717, 1.165) is 173 Å². The maximum absolute atomic E-state index is 5.39. The number of nitrogens with zero attached hydrogens (tertiary/aromatic N) is 10. The fraction of sp³-hybridized carbons (Fsp3) is 0. The van der Waals surface area contributed by atoms with E-state index >= 15 is 0 Å². The van der Waals surface area contributed by atoms with Crippen molar-refractivity contribution in [1.29, 1.82) is 0 Å². The average Bonchev–Trinajstić information content (AvgIpc) is 1.60. The molecule has 0 unspecified atom stereocenters. The zero-order chi connectivity index (χ0) is 89.7. The molecule has 0 saturated heterocycles. The monoisotopic (exact) mass is 1730 g/mol. The Morgan fingerprint density at radius 2 is 0.279 bits per heavy atom. The zero-order valence-electron chi connectivity index (χ0n) is 73.7. The van der Waals surface area contributed by atoms with Gasteiger partial charge in [-0.2, -0.15) is 0 Å². The Balaban J connectivity index is 0.542. The number of rotatable bonds is 17. The van der Waals surface area contributed by atoms with Gasteiger partial charge in [0.1, 0.15) is 0 Å². The van der Waals surface area contributed by atoms with E-state index in [0.29, 0.717) is 34.9 Å². The van der Waals surface area contributed by atoms with Crippen LogP contribution in [-0.2, 0) is 0 Å². The Labute approximate surface area is 784 Å². The van der Waals surface area contributed by atoms with E-state index in [4.69, 9.17) is 29.9 Å². The molecular formula is C126H80N10. The molecule has 0 aliphatic heterocycles. The summed E-state index contributed by atoms with van der Waals surface area (Å²) in [6.45, 7) is 0. The fourth-order valence-corrected chi connectivity index (χ4v) is 20.3. The predicted molar refractivity (Wildman–Crippen MR) is 561 cm³/mol. The van der Waals surface area contributed by atoms with Crippen LogP contribution in [0.25, 0.3) is 256 Å². The van der Waals surface area contributed by atoms with Crippen molar-refractivity contribution in [3.05, 3.63) is 485 Å². The number of hydrogen-bond donors (Lipinski definition) is 0. The molecule has 634 valence electrons. The van der Waals surface area contributed by atoms with Crippen LogP contribution in [0.5, 0.6) is 0 Å². The number of aromatic nitrogens is 10. The lowest BCUT2D eigenvalue weighted by atomic mass is 9.92. The highest BCUT2D eigenvalue weighted by molar-refractivity contribution is 6.15. The number of benzene rings is 20. The van der Waals surface area contributed by atoms with Crippen LogP contribution in [-0.4, -0.2) is 48.2 Å². The third-order valence-corrected chi connectivity index (χ3v) is 26.8. The topological polar surface area (TPSA) is 97.1 Å². The molecule has 136 heavy (non-hydrogen) atoms. The minimum absolute atomic E-state index is 0.577. The zero-order valence-corrected chi connectivity index (χ0v) is 73.7. The molecule has 0 saturated carbocycles. The van der Waals surface area contributed by atoms with Gasteiger partial charge in [-0.15, -0.1) is 0 Å². The molecule has 0 bridgehead atoms. The Morgan fingerprint density at radius 1 is 0.103 bits per heavy atom. The maximum Gasteiger partial charge on any atom is 0.164 e. The van der Waals surface area contributed by atoms with Crippen molar-refractivity contribution in [2.45, 2.75) is 0 Å². The highest BCUT2D eigenvalue weighted by Gasteiger charge is 2.24. The number of para-hydroxylation sites is 7. The first kappa shape index (κ1) is 78.6. The summed E-state index contributed by atoms with van der Waals surface area (Å²) >= 11 is 0. The van der Waals surface area contributed by atoms with Gasteiger partial charge in [-0.1, -0.05) is 315 Å². The van der Waals surface area contributed by atoms with Crippen LogP contribution >= 0.6 is 0 Å². The van der Waals surface area contributed by atoms with Gasteiger partial charge < -0.3 is 18.3 Å². The first-order valence-electron chi connectivity index (χ1n) is 46.1. The fourth-order valence-electron chi connectivity index (χ4n) is 20.3. The first-order chi connectivity index (χ1) is 67.4. The second-order valence-electron chi connectivity index (χ2n) is 34.9. The van der Waals surface area contributed by atoms with Crippen LogP contribution in [0.4, 0.5) is 0 Å². The molecule has 0 fully saturated rings. The molecule has 6 aromatic heterocycles. The van der Waals surface area contributed by atoms with E-state index in [1.807, 2.05) is 54.6 Å². The normalized spacial score (nSPS) is 11.7. The molecule has 0 N–H and O–H groups in total. The molecule has 0 aliphatic carbocycles. The first-order valence-corrected chi connectivity index (χ1v) is 46.1. The van der Waals surface area contributed by atoms with Crippen molar-refractivity contribution in [2.75, 3.05) is 0 Å².